The van der Waals surface area contributed by atoms with Gasteiger partial charge in [0, 0.05) is 26.5 Å². The van der Waals surface area contributed by atoms with Crippen molar-refractivity contribution in [2.45, 2.75) is 0 Å². The summed E-state index contributed by atoms with van der Waals surface area (Å²) in [7, 11) is 2.01. The Hall–Kier alpha value is -1.72. The first-order valence-corrected chi connectivity index (χ1v) is 8.40. The third-order valence-corrected chi connectivity index (χ3v) is 6.12. The second-order valence-corrected chi connectivity index (χ2v) is 7.51. The van der Waals surface area contributed by atoms with Crippen LogP contribution in [-0.4, -0.2) is 30.1 Å². The van der Waals surface area contributed by atoms with E-state index in [-0.39, 0.29) is 0 Å². The fraction of sp³-hybridized carbons (Fsp3) is 0.176. The summed E-state index contributed by atoms with van der Waals surface area (Å²) in [6.45, 7) is 4.19. The molecule has 2 aromatic rings. The van der Waals surface area contributed by atoms with E-state index in [1.807, 2.05) is 54.6 Å². The monoisotopic (exact) mass is 300 g/mol. The lowest BCUT2D eigenvalue weighted by Gasteiger charge is -2.25. The largest absolute Gasteiger partial charge is 0.536 e. The van der Waals surface area contributed by atoms with Gasteiger partial charge in [0.2, 0.25) is 0 Å². The minimum Gasteiger partial charge on any atom is -0.373 e. The van der Waals surface area contributed by atoms with Crippen LogP contribution >= 0.6 is 0 Å². The maximum atomic E-state index is 5.53. The van der Waals surface area contributed by atoms with E-state index in [2.05, 4.69) is 6.58 Å². The summed E-state index contributed by atoms with van der Waals surface area (Å²) < 4.78 is 16.6. The van der Waals surface area contributed by atoms with E-state index >= 15 is 0 Å². The van der Waals surface area contributed by atoms with E-state index in [0.29, 0.717) is 0 Å². The topological polar surface area (TPSA) is 27.7 Å². The lowest BCUT2D eigenvalue weighted by Crippen LogP contribution is -2.54. The molecule has 0 aliphatic heterocycles. The highest BCUT2D eigenvalue weighted by atomic mass is 28.4. The minimum atomic E-state index is -2.81. The summed E-state index contributed by atoms with van der Waals surface area (Å²) in [6.07, 6.45) is 0. The van der Waals surface area contributed by atoms with Gasteiger partial charge in [-0.15, -0.1) is 0 Å². The third kappa shape index (κ3) is 3.14. The van der Waals surface area contributed by atoms with Crippen molar-refractivity contribution < 1.29 is 13.3 Å². The molecule has 21 heavy (non-hydrogen) atoms. The molecule has 0 spiro atoms. The van der Waals surface area contributed by atoms with Crippen molar-refractivity contribution in [1.82, 2.24) is 0 Å². The van der Waals surface area contributed by atoms with Crippen molar-refractivity contribution in [3.63, 3.8) is 0 Å². The van der Waals surface area contributed by atoms with Crippen LogP contribution in [0.25, 0.3) is 5.57 Å². The van der Waals surface area contributed by atoms with Gasteiger partial charge in [0.25, 0.3) is 0 Å². The average Bonchev–Trinajstić information content (AvgIpc) is 2.57. The Morgan fingerprint density at radius 1 is 0.810 bits per heavy atom. The van der Waals surface area contributed by atoms with Crippen molar-refractivity contribution in [2.24, 2.45) is 0 Å². The summed E-state index contributed by atoms with van der Waals surface area (Å²) in [5.41, 5.74) is 3.08. The summed E-state index contributed by atoms with van der Waals surface area (Å²) in [4.78, 5) is 0. The van der Waals surface area contributed by atoms with Crippen LogP contribution in [-0.2, 0) is 13.3 Å². The smallest absolute Gasteiger partial charge is 0.373 e. The van der Waals surface area contributed by atoms with E-state index in [0.717, 1.165) is 21.9 Å². The third-order valence-electron chi connectivity index (χ3n) is 3.49. The zero-order chi connectivity index (χ0) is 15.3. The second-order valence-electron chi connectivity index (χ2n) is 4.59. The van der Waals surface area contributed by atoms with Gasteiger partial charge in [-0.1, -0.05) is 55.1 Å². The van der Waals surface area contributed by atoms with Gasteiger partial charge >= 0.3 is 8.80 Å². The maximum Gasteiger partial charge on any atom is 0.536 e. The van der Waals surface area contributed by atoms with Crippen molar-refractivity contribution in [3.8, 4) is 0 Å². The van der Waals surface area contributed by atoms with Gasteiger partial charge in [0.1, 0.15) is 0 Å². The molecule has 2 aromatic carbocycles. The lowest BCUT2D eigenvalue weighted by atomic mass is 10.00. The fourth-order valence-electron chi connectivity index (χ4n) is 2.31. The summed E-state index contributed by atoms with van der Waals surface area (Å²) in [6, 6.07) is 18.1. The zero-order valence-electron chi connectivity index (χ0n) is 12.6. The SMILES string of the molecule is C=C(c1ccccc1)c1cccc([Si](OC)(OC)OC)c1. The van der Waals surface area contributed by atoms with Crippen LogP contribution in [0.5, 0.6) is 0 Å². The molecule has 110 valence electrons. The maximum absolute atomic E-state index is 5.53. The molecular weight excluding hydrogens is 280 g/mol. The molecule has 0 atom stereocenters. The number of hydrogen-bond acceptors (Lipinski definition) is 3. The molecule has 0 unspecified atom stereocenters. The van der Waals surface area contributed by atoms with Crippen LogP contribution < -0.4 is 5.19 Å². The first-order valence-electron chi connectivity index (χ1n) is 6.67. The van der Waals surface area contributed by atoms with Crippen LogP contribution in [0.1, 0.15) is 11.1 Å². The molecule has 0 aromatic heterocycles. The molecule has 3 nitrogen and oxygen atoms in total. The molecule has 0 N–H and O–H groups in total. The van der Waals surface area contributed by atoms with Gasteiger partial charge in [-0.05, 0) is 22.8 Å². The highest BCUT2D eigenvalue weighted by molar-refractivity contribution is 6.75. The minimum absolute atomic E-state index is 0.921. The predicted molar refractivity (Wildman–Crippen MR) is 87.4 cm³/mol. The quantitative estimate of drug-likeness (QED) is 0.768. The Kier molecular flexibility index (Phi) is 5.09. The fourth-order valence-corrected chi connectivity index (χ4v) is 4.15. The Morgan fingerprint density at radius 2 is 1.38 bits per heavy atom. The standard InChI is InChI=1S/C17H20O3Si/c1-14(15-9-6-5-7-10-15)16-11-8-12-17(13-16)21(18-2,19-3)20-4/h5-13H,1H2,2-4H3. The highest BCUT2D eigenvalue weighted by Crippen LogP contribution is 2.21. The summed E-state index contributed by atoms with van der Waals surface area (Å²) in [5, 5.41) is 0.921. The lowest BCUT2D eigenvalue weighted by molar-refractivity contribution is 0.140. The predicted octanol–water partition coefficient (Wildman–Crippen LogP) is 2.83. The van der Waals surface area contributed by atoms with Crippen LogP contribution in [0.2, 0.25) is 0 Å². The van der Waals surface area contributed by atoms with E-state index < -0.39 is 8.80 Å². The molecule has 0 amide bonds. The number of benzene rings is 2. The molecule has 0 heterocycles. The van der Waals surface area contributed by atoms with Gasteiger partial charge in [0.05, 0.1) is 0 Å². The summed E-state index contributed by atoms with van der Waals surface area (Å²) in [5.74, 6) is 0. The van der Waals surface area contributed by atoms with Gasteiger partial charge in [0.15, 0.2) is 0 Å². The van der Waals surface area contributed by atoms with Gasteiger partial charge < -0.3 is 13.3 Å². The van der Waals surface area contributed by atoms with E-state index in [1.54, 1.807) is 21.3 Å². The molecule has 0 fully saturated rings. The molecule has 2 rings (SSSR count). The van der Waals surface area contributed by atoms with Gasteiger partial charge in [-0.25, -0.2) is 0 Å². The molecular formula is C17H20O3Si. The summed E-state index contributed by atoms with van der Waals surface area (Å²) >= 11 is 0. The highest BCUT2D eigenvalue weighted by Gasteiger charge is 2.40. The van der Waals surface area contributed by atoms with E-state index in [4.69, 9.17) is 13.3 Å². The Morgan fingerprint density at radius 3 is 1.95 bits per heavy atom. The number of hydrogen-bond donors (Lipinski definition) is 0. The second kappa shape index (κ2) is 6.82. The molecule has 0 bridgehead atoms. The van der Waals surface area contributed by atoms with Crippen LogP contribution in [0, 0.1) is 0 Å². The normalized spacial score (nSPS) is 11.4. The molecule has 0 aliphatic carbocycles. The van der Waals surface area contributed by atoms with Crippen molar-refractivity contribution in [2.75, 3.05) is 21.3 Å². The Balaban J connectivity index is 2.40. The first-order chi connectivity index (χ1) is 10.2. The molecule has 0 saturated heterocycles. The van der Waals surface area contributed by atoms with E-state index in [9.17, 15) is 0 Å². The van der Waals surface area contributed by atoms with Crippen LogP contribution in [0.4, 0.5) is 0 Å². The van der Waals surface area contributed by atoms with Gasteiger partial charge in [-0.3, -0.25) is 0 Å². The molecule has 0 aliphatic rings. The molecule has 0 saturated carbocycles. The van der Waals surface area contributed by atoms with Crippen molar-refractivity contribution >= 4 is 19.6 Å². The zero-order valence-corrected chi connectivity index (χ0v) is 13.6. The van der Waals surface area contributed by atoms with Crippen molar-refractivity contribution in [1.29, 1.82) is 0 Å². The first kappa shape index (κ1) is 15.7. The van der Waals surface area contributed by atoms with Crippen LogP contribution in [0.3, 0.4) is 0 Å². The van der Waals surface area contributed by atoms with E-state index in [1.165, 1.54) is 0 Å². The Labute approximate surface area is 127 Å². The number of rotatable bonds is 6. The van der Waals surface area contributed by atoms with Crippen molar-refractivity contribution in [3.05, 3.63) is 72.3 Å². The van der Waals surface area contributed by atoms with Gasteiger partial charge in [-0.2, -0.15) is 0 Å². The molecule has 4 heteroatoms. The molecule has 0 radical (unpaired) electrons. The Bertz CT molecular complexity index is 598. The average molecular weight is 300 g/mol. The van der Waals surface area contributed by atoms with Crippen LogP contribution in [0.15, 0.2) is 61.2 Å².